The summed E-state index contributed by atoms with van der Waals surface area (Å²) in [6, 6.07) is 9.97. The summed E-state index contributed by atoms with van der Waals surface area (Å²) in [4.78, 5) is 31.6. The van der Waals surface area contributed by atoms with Gasteiger partial charge in [0.25, 0.3) is 0 Å². The van der Waals surface area contributed by atoms with Crippen molar-refractivity contribution in [2.45, 2.75) is 25.6 Å². The van der Waals surface area contributed by atoms with Crippen LogP contribution >= 0.6 is 24.0 Å². The predicted octanol–water partition coefficient (Wildman–Crippen LogP) is 3.35. The van der Waals surface area contributed by atoms with E-state index in [9.17, 15) is 14.0 Å². The van der Waals surface area contributed by atoms with Crippen molar-refractivity contribution in [3.05, 3.63) is 75.6 Å². The number of amides is 2. The van der Waals surface area contributed by atoms with Crippen LogP contribution in [-0.4, -0.2) is 71.8 Å². The normalized spacial score (nSPS) is 20.9. The van der Waals surface area contributed by atoms with E-state index in [1.165, 1.54) is 18.2 Å². The van der Waals surface area contributed by atoms with Crippen molar-refractivity contribution in [2.75, 3.05) is 33.2 Å². The van der Waals surface area contributed by atoms with E-state index < -0.39 is 5.91 Å². The third-order valence-electron chi connectivity index (χ3n) is 6.35. The molecular formula is C25H29Cl2FN4O2. The van der Waals surface area contributed by atoms with Crippen LogP contribution < -0.4 is 5.73 Å². The van der Waals surface area contributed by atoms with Crippen LogP contribution in [0.15, 0.2) is 42.5 Å². The van der Waals surface area contributed by atoms with E-state index >= 15 is 0 Å². The number of halogens is 3. The zero-order valence-electron chi connectivity index (χ0n) is 19.2. The number of carbonyl (C=O) groups is 2. The molecule has 2 aliphatic heterocycles. The Hall–Kier alpha value is -2.45. The lowest BCUT2D eigenvalue weighted by molar-refractivity contribution is -0.140. The van der Waals surface area contributed by atoms with Gasteiger partial charge in [0.2, 0.25) is 11.8 Å². The molecule has 4 rings (SSSR count). The standard InChI is InChI=1S/C25H28ClFN4O2.ClH/c1-16-9-18(22(25(28)33)10-23(16)26)5-8-24(32)31-20-12-29(2)13-21(31)15-30(14-20)11-17-3-6-19(27)7-4-17;/h3-10,20-21H,11-15H2,1-2H3,(H2,28,33);1H. The number of primary amides is 1. The van der Waals surface area contributed by atoms with Crippen LogP contribution in [0.2, 0.25) is 5.02 Å². The smallest absolute Gasteiger partial charge is 0.249 e. The van der Waals surface area contributed by atoms with Gasteiger partial charge < -0.3 is 15.5 Å². The van der Waals surface area contributed by atoms with Gasteiger partial charge in [-0.3, -0.25) is 14.5 Å². The number of likely N-dealkylation sites (N-methyl/N-ethyl adjacent to an activating group) is 1. The van der Waals surface area contributed by atoms with Gasteiger partial charge in [-0.2, -0.15) is 0 Å². The molecule has 2 fully saturated rings. The summed E-state index contributed by atoms with van der Waals surface area (Å²) >= 11 is 6.14. The van der Waals surface area contributed by atoms with Crippen molar-refractivity contribution >= 4 is 41.9 Å². The van der Waals surface area contributed by atoms with E-state index in [0.29, 0.717) is 16.1 Å². The van der Waals surface area contributed by atoms with E-state index in [1.807, 2.05) is 24.0 Å². The highest BCUT2D eigenvalue weighted by Gasteiger charge is 2.41. The molecule has 0 aromatic heterocycles. The molecule has 2 amide bonds. The third-order valence-corrected chi connectivity index (χ3v) is 6.75. The molecule has 2 saturated heterocycles. The van der Waals surface area contributed by atoms with Crippen molar-refractivity contribution in [1.29, 1.82) is 0 Å². The Bertz CT molecular complexity index is 1080. The summed E-state index contributed by atoms with van der Waals surface area (Å²) in [5.74, 6) is -0.908. The van der Waals surface area contributed by atoms with Crippen LogP contribution in [0.4, 0.5) is 4.39 Å². The fraction of sp³-hybridized carbons (Fsp3) is 0.360. The van der Waals surface area contributed by atoms with Gasteiger partial charge in [0.15, 0.2) is 0 Å². The first-order valence-corrected chi connectivity index (χ1v) is 11.3. The Kier molecular flexibility index (Phi) is 8.36. The molecule has 2 aliphatic rings. The van der Waals surface area contributed by atoms with Crippen LogP contribution in [-0.2, 0) is 11.3 Å². The van der Waals surface area contributed by atoms with E-state index in [2.05, 4.69) is 16.8 Å². The van der Waals surface area contributed by atoms with Gasteiger partial charge in [-0.25, -0.2) is 4.39 Å². The molecule has 2 aromatic rings. The van der Waals surface area contributed by atoms with E-state index in [1.54, 1.807) is 18.2 Å². The molecule has 182 valence electrons. The largest absolute Gasteiger partial charge is 0.366 e. The molecule has 2 aromatic carbocycles. The second-order valence-electron chi connectivity index (χ2n) is 8.98. The van der Waals surface area contributed by atoms with Crippen molar-refractivity contribution in [1.82, 2.24) is 14.7 Å². The lowest BCUT2D eigenvalue weighted by Gasteiger charge is -2.52. The fourth-order valence-electron chi connectivity index (χ4n) is 4.87. The maximum absolute atomic E-state index is 13.2. The van der Waals surface area contributed by atoms with Crippen molar-refractivity contribution in [3.63, 3.8) is 0 Å². The number of hydrogen-bond acceptors (Lipinski definition) is 4. The molecule has 0 spiro atoms. The number of aryl methyl sites for hydroxylation is 1. The lowest BCUT2D eigenvalue weighted by atomic mass is 9.99. The Balaban J connectivity index is 0.00000324. The van der Waals surface area contributed by atoms with Gasteiger partial charge >= 0.3 is 0 Å². The number of rotatable bonds is 5. The molecule has 0 radical (unpaired) electrons. The summed E-state index contributed by atoms with van der Waals surface area (Å²) in [5.41, 5.74) is 8.23. The van der Waals surface area contributed by atoms with Gasteiger partial charge in [-0.1, -0.05) is 23.7 Å². The maximum atomic E-state index is 13.2. The van der Waals surface area contributed by atoms with E-state index in [0.717, 1.165) is 43.9 Å². The zero-order chi connectivity index (χ0) is 23.7. The van der Waals surface area contributed by atoms with Gasteiger partial charge in [0.05, 0.1) is 12.1 Å². The van der Waals surface area contributed by atoms with Crippen molar-refractivity contribution < 1.29 is 14.0 Å². The summed E-state index contributed by atoms with van der Waals surface area (Å²) in [6.07, 6.45) is 3.17. The molecule has 2 N–H and O–H groups in total. The first-order valence-electron chi connectivity index (χ1n) is 11.0. The first kappa shape index (κ1) is 26.2. The van der Waals surface area contributed by atoms with Crippen LogP contribution in [0, 0.1) is 12.7 Å². The molecule has 2 bridgehead atoms. The molecule has 0 saturated carbocycles. The van der Waals surface area contributed by atoms with Crippen molar-refractivity contribution in [3.8, 4) is 0 Å². The Labute approximate surface area is 210 Å². The topological polar surface area (TPSA) is 69.9 Å². The summed E-state index contributed by atoms with van der Waals surface area (Å²) in [7, 11) is 2.07. The molecule has 6 nitrogen and oxygen atoms in total. The van der Waals surface area contributed by atoms with Crippen LogP contribution in [0.3, 0.4) is 0 Å². The minimum absolute atomic E-state index is 0. The Morgan fingerprint density at radius 2 is 1.74 bits per heavy atom. The minimum Gasteiger partial charge on any atom is -0.366 e. The second kappa shape index (κ2) is 10.9. The quantitative estimate of drug-likeness (QED) is 0.631. The lowest BCUT2D eigenvalue weighted by Crippen LogP contribution is -2.68. The van der Waals surface area contributed by atoms with Gasteiger partial charge in [-0.05, 0) is 61.0 Å². The molecule has 2 heterocycles. The third kappa shape index (κ3) is 5.78. The SMILES string of the molecule is Cc1cc(C=CC(=O)N2C3CN(C)CC2CN(Cc2ccc(F)cc2)C3)c(C(N)=O)cc1Cl.Cl. The second-order valence-corrected chi connectivity index (χ2v) is 9.39. The average Bonchev–Trinajstić information content (AvgIpc) is 2.74. The molecule has 2 atom stereocenters. The molecular weight excluding hydrogens is 478 g/mol. The van der Waals surface area contributed by atoms with Gasteiger partial charge in [0.1, 0.15) is 5.82 Å². The summed E-state index contributed by atoms with van der Waals surface area (Å²) in [6.45, 7) is 5.60. The molecule has 0 aliphatic carbocycles. The van der Waals surface area contributed by atoms with Crippen LogP contribution in [0.5, 0.6) is 0 Å². The highest BCUT2D eigenvalue weighted by Crippen LogP contribution is 2.26. The number of nitrogens with zero attached hydrogens (tertiary/aromatic N) is 3. The molecule has 9 heteroatoms. The number of benzene rings is 2. The van der Waals surface area contributed by atoms with E-state index in [-0.39, 0.29) is 36.2 Å². The monoisotopic (exact) mass is 506 g/mol. The van der Waals surface area contributed by atoms with Crippen LogP contribution in [0.1, 0.15) is 27.0 Å². The summed E-state index contributed by atoms with van der Waals surface area (Å²) < 4.78 is 13.2. The number of piperazine rings is 2. The number of fused-ring (bicyclic) bond motifs is 2. The highest BCUT2D eigenvalue weighted by atomic mass is 35.5. The summed E-state index contributed by atoms with van der Waals surface area (Å²) in [5, 5.41) is 0.460. The highest BCUT2D eigenvalue weighted by molar-refractivity contribution is 6.31. The van der Waals surface area contributed by atoms with E-state index in [4.69, 9.17) is 17.3 Å². The average molecular weight is 507 g/mol. The van der Waals surface area contributed by atoms with Crippen molar-refractivity contribution in [2.24, 2.45) is 5.73 Å². The number of hydrogen-bond donors (Lipinski definition) is 1. The Morgan fingerprint density at radius 1 is 1.12 bits per heavy atom. The Morgan fingerprint density at radius 3 is 2.32 bits per heavy atom. The molecule has 34 heavy (non-hydrogen) atoms. The first-order chi connectivity index (χ1) is 15.7. The van der Waals surface area contributed by atoms with Gasteiger partial charge in [0, 0.05) is 49.4 Å². The zero-order valence-corrected chi connectivity index (χ0v) is 20.8. The number of nitrogens with two attached hydrogens (primary N) is 1. The number of carbonyl (C=O) groups excluding carboxylic acids is 2. The molecule has 2 unspecified atom stereocenters. The van der Waals surface area contributed by atoms with Gasteiger partial charge in [-0.15, -0.1) is 12.4 Å². The predicted molar refractivity (Wildman–Crippen MR) is 135 cm³/mol. The minimum atomic E-state index is -0.586. The maximum Gasteiger partial charge on any atom is 0.249 e. The van der Waals surface area contributed by atoms with Crippen LogP contribution in [0.25, 0.3) is 6.08 Å². The fourth-order valence-corrected chi connectivity index (χ4v) is 5.03.